The molecule has 6 nitrogen and oxygen atoms in total. The van der Waals surface area contributed by atoms with Gasteiger partial charge in [-0.1, -0.05) is 6.08 Å². The number of halogens is 1. The van der Waals surface area contributed by atoms with Gasteiger partial charge in [0.05, 0.1) is 30.2 Å². The molecule has 0 saturated carbocycles. The molecule has 0 aliphatic heterocycles. The van der Waals surface area contributed by atoms with E-state index in [0.29, 0.717) is 6.54 Å². The van der Waals surface area contributed by atoms with Crippen molar-refractivity contribution in [3.8, 4) is 11.8 Å². The van der Waals surface area contributed by atoms with Gasteiger partial charge in [-0.15, -0.1) is 0 Å². The largest absolute Gasteiger partial charge is 0.494 e. The van der Waals surface area contributed by atoms with Crippen molar-refractivity contribution in [1.29, 1.82) is 5.26 Å². The van der Waals surface area contributed by atoms with Crippen molar-refractivity contribution in [3.63, 3.8) is 0 Å². The van der Waals surface area contributed by atoms with Gasteiger partial charge in [0.25, 0.3) is 0 Å². The second-order valence-electron chi connectivity index (χ2n) is 7.46. The van der Waals surface area contributed by atoms with Crippen molar-refractivity contribution < 1.29 is 24.9 Å². The van der Waals surface area contributed by atoms with Gasteiger partial charge in [-0.05, 0) is 63.7 Å². The van der Waals surface area contributed by atoms with Crippen LogP contribution in [0.4, 0.5) is 15.8 Å². The summed E-state index contributed by atoms with van der Waals surface area (Å²) in [6, 6.07) is 2.80. The molecule has 33 heavy (non-hydrogen) atoms. The van der Waals surface area contributed by atoms with Gasteiger partial charge < -0.3 is 15.0 Å². The van der Waals surface area contributed by atoms with Gasteiger partial charge in [0.1, 0.15) is 17.6 Å². The van der Waals surface area contributed by atoms with Crippen LogP contribution in [0.3, 0.4) is 0 Å². The lowest BCUT2D eigenvalue weighted by atomic mass is 10.0. The number of nitrogens with zero attached hydrogens (tertiary/aromatic N) is 3. The van der Waals surface area contributed by atoms with Gasteiger partial charge in [0.2, 0.25) is 0 Å². The SMILES string of the molecule is [2H]c1c([2H])c(Nc2c(C#N)cnc3cc(OC([2H])([2H])C([2H])([2H])[2H])c(CC(=O)/C=C/CN(C)C)cc23)c([2H])c(C)c1F. The van der Waals surface area contributed by atoms with Crippen LogP contribution in [0.15, 0.2) is 48.6 Å². The van der Waals surface area contributed by atoms with E-state index >= 15 is 0 Å². The molecule has 0 fully saturated rings. The van der Waals surface area contributed by atoms with Gasteiger partial charge >= 0.3 is 0 Å². The highest BCUT2D eigenvalue weighted by Crippen LogP contribution is 2.34. The maximum Gasteiger partial charge on any atom is 0.159 e. The van der Waals surface area contributed by atoms with E-state index < -0.39 is 43.1 Å². The van der Waals surface area contributed by atoms with E-state index in [9.17, 15) is 14.4 Å². The summed E-state index contributed by atoms with van der Waals surface area (Å²) in [6.45, 7) is -4.53. The van der Waals surface area contributed by atoms with Crippen LogP contribution < -0.4 is 10.1 Å². The van der Waals surface area contributed by atoms with E-state index in [4.69, 9.17) is 15.7 Å². The number of rotatable bonds is 9. The number of nitrogens with one attached hydrogen (secondary N) is 1. The number of hydrogen-bond donors (Lipinski definition) is 1. The highest BCUT2D eigenvalue weighted by atomic mass is 19.1. The molecule has 0 aliphatic carbocycles. The predicted molar refractivity (Wildman–Crippen MR) is 128 cm³/mol. The van der Waals surface area contributed by atoms with E-state index in [-0.39, 0.29) is 51.1 Å². The average Bonchev–Trinajstić information content (AvgIpc) is 2.88. The van der Waals surface area contributed by atoms with Crippen molar-refractivity contribution in [2.24, 2.45) is 0 Å². The molecule has 0 saturated heterocycles. The third kappa shape index (κ3) is 5.93. The number of hydrogen-bond acceptors (Lipinski definition) is 6. The Labute approximate surface area is 204 Å². The van der Waals surface area contributed by atoms with Crippen LogP contribution in [0.5, 0.6) is 5.75 Å². The number of likely N-dealkylation sites (N-methyl/N-ethyl adjacent to an activating group) is 1. The third-order valence-corrected chi connectivity index (χ3v) is 4.66. The minimum atomic E-state index is -3.16. The first-order valence-corrected chi connectivity index (χ1v) is 9.90. The molecule has 2 aromatic carbocycles. The summed E-state index contributed by atoms with van der Waals surface area (Å²) < 4.78 is 82.4. The number of pyridine rings is 1. The molecule has 1 N–H and O–H groups in total. The fourth-order valence-electron chi connectivity index (χ4n) is 3.09. The summed E-state index contributed by atoms with van der Waals surface area (Å²) in [5.41, 5.74) is -0.236. The van der Waals surface area contributed by atoms with E-state index in [2.05, 4.69) is 10.3 Å². The molecule has 0 spiro atoms. The second kappa shape index (κ2) is 10.7. The molecule has 3 rings (SSSR count). The molecule has 170 valence electrons. The van der Waals surface area contributed by atoms with Crippen molar-refractivity contribution in [2.45, 2.75) is 20.2 Å². The Morgan fingerprint density at radius 2 is 2.27 bits per heavy atom. The zero-order valence-corrected chi connectivity index (χ0v) is 18.3. The number of benzene rings is 2. The Morgan fingerprint density at radius 1 is 1.45 bits per heavy atom. The number of carbonyl (C=O) groups is 1. The summed E-state index contributed by atoms with van der Waals surface area (Å²) in [5.74, 6) is -1.68. The van der Waals surface area contributed by atoms with Crippen LogP contribution >= 0.6 is 0 Å². The van der Waals surface area contributed by atoms with E-state index in [1.165, 1.54) is 25.1 Å². The quantitative estimate of drug-likeness (QED) is 0.462. The van der Waals surface area contributed by atoms with E-state index in [0.717, 1.165) is 6.20 Å². The molecule has 0 atom stereocenters. The standard InChI is InChI=1S/C26H27FN4O2/c1-5-33-25-14-24-22(13-18(25)12-21(32)7-6-10-31(3)4)26(19(15-28)16-29-24)30-20-8-9-23(27)17(2)11-20/h6-9,11,13-14,16H,5,10,12H2,1-4H3,(H,29,30)/b7-6+/i1D3,5D2,8D,9D,11D. The fourth-order valence-corrected chi connectivity index (χ4v) is 3.09. The third-order valence-electron chi connectivity index (χ3n) is 4.66. The highest BCUT2D eigenvalue weighted by Gasteiger charge is 2.16. The summed E-state index contributed by atoms with van der Waals surface area (Å²) in [5, 5.41) is 12.8. The van der Waals surface area contributed by atoms with Crippen molar-refractivity contribution in [3.05, 3.63) is 71.1 Å². The van der Waals surface area contributed by atoms with E-state index in [1.54, 1.807) is 6.08 Å². The monoisotopic (exact) mass is 454 g/mol. The molecule has 0 aliphatic rings. The van der Waals surface area contributed by atoms with Crippen LogP contribution in [0.25, 0.3) is 10.9 Å². The first-order chi connectivity index (χ1) is 19.0. The Morgan fingerprint density at radius 3 is 3.00 bits per heavy atom. The Balaban J connectivity index is 2.25. The zero-order valence-electron chi connectivity index (χ0n) is 26.3. The minimum absolute atomic E-state index is 0.0344. The summed E-state index contributed by atoms with van der Waals surface area (Å²) in [6.07, 6.45) is 3.77. The number of carbonyl (C=O) groups excluding carboxylic acids is 1. The molecule has 1 aromatic heterocycles. The van der Waals surface area contributed by atoms with Gasteiger partial charge in [-0.3, -0.25) is 9.78 Å². The van der Waals surface area contributed by atoms with Gasteiger partial charge in [-0.25, -0.2) is 4.39 Å². The smallest absolute Gasteiger partial charge is 0.159 e. The Kier molecular flexibility index (Phi) is 4.91. The second-order valence-corrected chi connectivity index (χ2v) is 7.46. The average molecular weight is 455 g/mol. The number of allylic oxidation sites excluding steroid dienone is 1. The van der Waals surface area contributed by atoms with Crippen LogP contribution in [0.2, 0.25) is 0 Å². The van der Waals surface area contributed by atoms with Gasteiger partial charge in [0.15, 0.2) is 5.78 Å². The number of ether oxygens (including phenoxy) is 1. The van der Waals surface area contributed by atoms with Crippen LogP contribution in [0, 0.1) is 24.1 Å². The first kappa shape index (κ1) is 15.1. The summed E-state index contributed by atoms with van der Waals surface area (Å²) in [7, 11) is 3.62. The molecule has 0 bridgehead atoms. The Hall–Kier alpha value is -3.76. The molecule has 3 aromatic rings. The predicted octanol–water partition coefficient (Wildman–Crippen LogP) is 4.93. The fraction of sp³-hybridized carbons (Fsp3) is 0.269. The molecule has 0 amide bonds. The maximum atomic E-state index is 14.3. The first-order valence-electron chi connectivity index (χ1n) is 13.9. The lowest BCUT2D eigenvalue weighted by molar-refractivity contribution is -0.114. The summed E-state index contributed by atoms with van der Waals surface area (Å²) >= 11 is 0. The molecule has 7 heteroatoms. The Bertz CT molecular complexity index is 1550. The lowest BCUT2D eigenvalue weighted by Crippen LogP contribution is -2.11. The number of ketones is 1. The molecule has 0 radical (unpaired) electrons. The maximum absolute atomic E-state index is 14.3. The van der Waals surface area contributed by atoms with Crippen molar-refractivity contribution in [1.82, 2.24) is 9.88 Å². The topological polar surface area (TPSA) is 78.2 Å². The van der Waals surface area contributed by atoms with E-state index in [1.807, 2.05) is 25.1 Å². The van der Waals surface area contributed by atoms with Gasteiger partial charge in [-0.2, -0.15) is 5.26 Å². The van der Waals surface area contributed by atoms with Crippen molar-refractivity contribution in [2.75, 3.05) is 32.5 Å². The van der Waals surface area contributed by atoms with Crippen LogP contribution in [-0.2, 0) is 11.2 Å². The lowest BCUT2D eigenvalue weighted by Gasteiger charge is -2.15. The number of nitriles is 1. The van der Waals surface area contributed by atoms with Crippen LogP contribution in [0.1, 0.15) is 34.5 Å². The van der Waals surface area contributed by atoms with Gasteiger partial charge in [0, 0.05) is 46.0 Å². The molecular weight excluding hydrogens is 419 g/mol. The number of fused-ring (bicyclic) bond motifs is 1. The number of anilines is 2. The van der Waals surface area contributed by atoms with Crippen molar-refractivity contribution >= 4 is 28.1 Å². The van der Waals surface area contributed by atoms with Crippen LogP contribution in [-0.4, -0.2) is 42.9 Å². The number of aromatic nitrogens is 1. The minimum Gasteiger partial charge on any atom is -0.494 e. The molecule has 0 unspecified atom stereocenters. The highest BCUT2D eigenvalue weighted by molar-refractivity contribution is 5.98. The summed E-state index contributed by atoms with van der Waals surface area (Å²) in [4.78, 5) is 18.8. The molecular formula is C26H27FN4O2. The normalized spacial score (nSPS) is 15.5. The zero-order chi connectivity index (χ0) is 30.9. The molecule has 1 heterocycles.